The van der Waals surface area contributed by atoms with Crippen molar-refractivity contribution in [3.05, 3.63) is 58.0 Å². The molecule has 2 rings (SSSR count). The number of halogens is 1. The molecule has 22 heavy (non-hydrogen) atoms. The second-order valence-corrected chi connectivity index (χ2v) is 4.05. The predicted octanol–water partition coefficient (Wildman–Crippen LogP) is 2.75. The third-order valence-corrected chi connectivity index (χ3v) is 2.59. The number of carbonyl (C=O) groups excluding carboxylic acids is 1. The van der Waals surface area contributed by atoms with Gasteiger partial charge in [-0.2, -0.15) is 0 Å². The molecule has 0 saturated carbocycles. The number of nitro benzene ring substituents is 1. The number of rotatable bonds is 5. The Morgan fingerprint density at radius 1 is 1.41 bits per heavy atom. The molecule has 0 atom stereocenters. The molecule has 2 aromatic rings. The number of carbonyl (C=O) groups is 1. The number of benzene rings is 1. The van der Waals surface area contributed by atoms with Crippen LogP contribution in [-0.2, 0) is 0 Å². The summed E-state index contributed by atoms with van der Waals surface area (Å²) in [5, 5.41) is 10.9. The Bertz CT molecular complexity index is 720. The fraction of sp³-hybridized carbons (Fsp3) is 0.143. The second kappa shape index (κ2) is 6.61. The maximum Gasteiger partial charge on any atom is 0.349 e. The van der Waals surface area contributed by atoms with Gasteiger partial charge in [0.15, 0.2) is 0 Å². The summed E-state index contributed by atoms with van der Waals surface area (Å²) in [6.07, 6.45) is 1.42. The Hall–Kier alpha value is -3.03. The first-order valence-electron chi connectivity index (χ1n) is 6.27. The van der Waals surface area contributed by atoms with Gasteiger partial charge in [-0.25, -0.2) is 14.2 Å². The van der Waals surface area contributed by atoms with E-state index in [2.05, 4.69) is 4.98 Å². The van der Waals surface area contributed by atoms with Gasteiger partial charge in [-0.05, 0) is 25.1 Å². The number of hydrogen-bond donors (Lipinski definition) is 0. The largest absolute Gasteiger partial charge is 0.477 e. The molecule has 0 N–H and O–H groups in total. The van der Waals surface area contributed by atoms with Crippen LogP contribution in [0.2, 0.25) is 0 Å². The van der Waals surface area contributed by atoms with Crippen LogP contribution in [0, 0.1) is 15.9 Å². The highest BCUT2D eigenvalue weighted by Crippen LogP contribution is 2.29. The van der Waals surface area contributed by atoms with E-state index in [0.717, 1.165) is 18.2 Å². The number of nitro groups is 1. The summed E-state index contributed by atoms with van der Waals surface area (Å²) >= 11 is 0. The summed E-state index contributed by atoms with van der Waals surface area (Å²) in [6.45, 7) is 1.98. The highest BCUT2D eigenvalue weighted by molar-refractivity contribution is 5.93. The van der Waals surface area contributed by atoms with Gasteiger partial charge in [0, 0.05) is 18.3 Å². The van der Waals surface area contributed by atoms with Crippen molar-refractivity contribution in [1.29, 1.82) is 0 Å². The molecule has 0 bridgehead atoms. The Morgan fingerprint density at radius 2 is 2.18 bits per heavy atom. The molecule has 0 spiro atoms. The average Bonchev–Trinajstić information content (AvgIpc) is 2.47. The van der Waals surface area contributed by atoms with E-state index in [1.165, 1.54) is 18.3 Å². The standard InChI is InChI=1S/C14H11FN2O5/c1-2-21-13-10(4-3-7-16-13)14(18)22-12-8-9(15)5-6-11(12)17(19)20/h3-8H,2H2,1H3. The molecule has 7 nitrogen and oxygen atoms in total. The molecule has 0 fully saturated rings. The van der Waals surface area contributed by atoms with Crippen molar-refractivity contribution in [2.45, 2.75) is 6.92 Å². The van der Waals surface area contributed by atoms with Crippen molar-refractivity contribution < 1.29 is 23.6 Å². The maximum atomic E-state index is 13.2. The van der Waals surface area contributed by atoms with Crippen LogP contribution in [0.4, 0.5) is 10.1 Å². The number of pyridine rings is 1. The minimum Gasteiger partial charge on any atom is -0.477 e. The summed E-state index contributed by atoms with van der Waals surface area (Å²) in [5.41, 5.74) is -0.528. The maximum absolute atomic E-state index is 13.2. The van der Waals surface area contributed by atoms with Crippen molar-refractivity contribution in [2.75, 3.05) is 6.61 Å². The topological polar surface area (TPSA) is 91.6 Å². The number of hydrogen-bond acceptors (Lipinski definition) is 6. The summed E-state index contributed by atoms with van der Waals surface area (Å²) in [4.78, 5) is 26.1. The SMILES string of the molecule is CCOc1ncccc1C(=O)Oc1cc(F)ccc1[N+](=O)[O-]. The summed E-state index contributed by atoms with van der Waals surface area (Å²) < 4.78 is 23.3. The molecule has 1 aromatic heterocycles. The van der Waals surface area contributed by atoms with Crippen molar-refractivity contribution in [2.24, 2.45) is 0 Å². The fourth-order valence-electron chi connectivity index (χ4n) is 1.67. The van der Waals surface area contributed by atoms with Crippen LogP contribution in [0.1, 0.15) is 17.3 Å². The van der Waals surface area contributed by atoms with Gasteiger partial charge in [-0.3, -0.25) is 10.1 Å². The highest BCUT2D eigenvalue weighted by atomic mass is 19.1. The minimum atomic E-state index is -0.926. The lowest BCUT2D eigenvalue weighted by atomic mass is 10.2. The summed E-state index contributed by atoms with van der Waals surface area (Å²) in [5.74, 6) is -2.13. The van der Waals surface area contributed by atoms with E-state index in [1.54, 1.807) is 6.92 Å². The van der Waals surface area contributed by atoms with Crippen LogP contribution in [-0.4, -0.2) is 22.5 Å². The third kappa shape index (κ3) is 3.35. The van der Waals surface area contributed by atoms with Gasteiger partial charge in [0.2, 0.25) is 11.6 Å². The van der Waals surface area contributed by atoms with Crippen LogP contribution in [0.5, 0.6) is 11.6 Å². The van der Waals surface area contributed by atoms with E-state index >= 15 is 0 Å². The first-order valence-corrected chi connectivity index (χ1v) is 6.27. The van der Waals surface area contributed by atoms with Crippen molar-refractivity contribution >= 4 is 11.7 Å². The van der Waals surface area contributed by atoms with Gasteiger partial charge in [-0.1, -0.05) is 0 Å². The molecular formula is C14H11FN2O5. The highest BCUT2D eigenvalue weighted by Gasteiger charge is 2.22. The zero-order chi connectivity index (χ0) is 16.1. The molecule has 0 unspecified atom stereocenters. The number of esters is 1. The van der Waals surface area contributed by atoms with E-state index in [0.29, 0.717) is 0 Å². The van der Waals surface area contributed by atoms with E-state index in [1.807, 2.05) is 0 Å². The van der Waals surface area contributed by atoms with E-state index in [4.69, 9.17) is 9.47 Å². The van der Waals surface area contributed by atoms with Crippen molar-refractivity contribution in [1.82, 2.24) is 4.98 Å². The summed E-state index contributed by atoms with van der Waals surface area (Å²) in [7, 11) is 0. The molecule has 1 aromatic carbocycles. The van der Waals surface area contributed by atoms with Gasteiger partial charge in [-0.15, -0.1) is 0 Å². The molecule has 1 heterocycles. The monoisotopic (exact) mass is 306 g/mol. The van der Waals surface area contributed by atoms with Crippen LogP contribution in [0.15, 0.2) is 36.5 Å². The minimum absolute atomic E-state index is 0.0112. The average molecular weight is 306 g/mol. The van der Waals surface area contributed by atoms with E-state index in [-0.39, 0.29) is 18.1 Å². The van der Waals surface area contributed by atoms with Gasteiger partial charge in [0.1, 0.15) is 11.4 Å². The third-order valence-electron chi connectivity index (χ3n) is 2.59. The van der Waals surface area contributed by atoms with Crippen molar-refractivity contribution in [3.8, 4) is 11.6 Å². The number of ether oxygens (including phenoxy) is 2. The van der Waals surface area contributed by atoms with Crippen LogP contribution < -0.4 is 9.47 Å². The van der Waals surface area contributed by atoms with Crippen LogP contribution in [0.25, 0.3) is 0 Å². The normalized spacial score (nSPS) is 10.1. The summed E-state index contributed by atoms with van der Waals surface area (Å²) in [6, 6.07) is 5.48. The lowest BCUT2D eigenvalue weighted by Crippen LogP contribution is -2.12. The lowest BCUT2D eigenvalue weighted by molar-refractivity contribution is -0.385. The first-order chi connectivity index (χ1) is 10.5. The van der Waals surface area contributed by atoms with Gasteiger partial charge < -0.3 is 9.47 Å². The molecule has 0 amide bonds. The Morgan fingerprint density at radius 3 is 2.86 bits per heavy atom. The fourth-order valence-corrected chi connectivity index (χ4v) is 1.67. The Labute approximate surface area is 124 Å². The zero-order valence-electron chi connectivity index (χ0n) is 11.5. The molecule has 8 heteroatoms. The molecular weight excluding hydrogens is 295 g/mol. The Kier molecular flexibility index (Phi) is 4.62. The molecule has 0 aliphatic carbocycles. The smallest absolute Gasteiger partial charge is 0.349 e. The molecule has 0 aliphatic heterocycles. The predicted molar refractivity (Wildman–Crippen MR) is 73.4 cm³/mol. The number of nitrogens with zero attached hydrogens (tertiary/aromatic N) is 2. The molecule has 0 radical (unpaired) electrons. The molecule has 0 aliphatic rings. The quantitative estimate of drug-likeness (QED) is 0.365. The molecule has 114 valence electrons. The molecule has 0 saturated heterocycles. The number of aromatic nitrogens is 1. The van der Waals surface area contributed by atoms with E-state index < -0.39 is 28.1 Å². The zero-order valence-corrected chi connectivity index (χ0v) is 11.5. The first kappa shape index (κ1) is 15.4. The van der Waals surface area contributed by atoms with Gasteiger partial charge in [0.05, 0.1) is 11.5 Å². The van der Waals surface area contributed by atoms with Crippen molar-refractivity contribution in [3.63, 3.8) is 0 Å². The van der Waals surface area contributed by atoms with Crippen LogP contribution in [0.3, 0.4) is 0 Å². The van der Waals surface area contributed by atoms with E-state index in [9.17, 15) is 19.3 Å². The van der Waals surface area contributed by atoms with Gasteiger partial charge >= 0.3 is 11.7 Å². The van der Waals surface area contributed by atoms with Gasteiger partial charge in [0.25, 0.3) is 0 Å². The lowest BCUT2D eigenvalue weighted by Gasteiger charge is -2.08. The Balaban J connectivity index is 2.33. The van der Waals surface area contributed by atoms with Crippen LogP contribution >= 0.6 is 0 Å². The second-order valence-electron chi connectivity index (χ2n) is 4.05.